The molecular weight excluding hydrogens is 534 g/mol. The summed E-state index contributed by atoms with van der Waals surface area (Å²) in [4.78, 5) is 24.2. The number of nitrogens with zero attached hydrogens (tertiary/aromatic N) is 3. The number of pyridine rings is 2. The van der Waals surface area contributed by atoms with Crippen LogP contribution in [0, 0.1) is 12.3 Å². The van der Waals surface area contributed by atoms with E-state index in [1.54, 1.807) is 19.5 Å². The average molecular weight is 578 g/mol. The summed E-state index contributed by atoms with van der Waals surface area (Å²) in [5.41, 5.74) is 3.03. The minimum absolute atomic E-state index is 0.222. The fourth-order valence-electron chi connectivity index (χ4n) is 5.05. The number of benzene rings is 1. The number of carboxylic acid groups (broad SMARTS) is 1. The largest absolute Gasteiger partial charge is 0.493 e. The number of aliphatic carboxylic acids is 1. The third-order valence-corrected chi connectivity index (χ3v) is 7.37. The highest BCUT2D eigenvalue weighted by Crippen LogP contribution is 2.43. The standard InChI is InChI=1S/C33H43N3O6/c1-22-28(30(31(37)38)42-32(2,3)4)29(36-16-14-33(5,6)15-17-36)24(21-34-22)25-13-12-23(20-35-25)40-18-19-41-27-11-9-8-10-26(27)39-7/h8-13,20-21,30H,14-19H2,1-7H3,(H,37,38)/t30-/m0/s1. The van der Waals surface area contributed by atoms with E-state index < -0.39 is 17.7 Å². The number of piperidine rings is 1. The number of carbonyl (C=O) groups is 1. The van der Waals surface area contributed by atoms with Gasteiger partial charge in [-0.15, -0.1) is 0 Å². The second-order valence-corrected chi connectivity index (χ2v) is 12.3. The number of anilines is 1. The number of carboxylic acids is 1. The van der Waals surface area contributed by atoms with Crippen LogP contribution >= 0.6 is 0 Å². The molecule has 0 radical (unpaired) electrons. The molecule has 1 fully saturated rings. The number of hydrogen-bond acceptors (Lipinski definition) is 8. The van der Waals surface area contributed by atoms with Gasteiger partial charge in [-0.2, -0.15) is 0 Å². The highest BCUT2D eigenvalue weighted by atomic mass is 16.5. The summed E-state index contributed by atoms with van der Waals surface area (Å²) in [7, 11) is 1.61. The molecule has 0 saturated carbocycles. The number of ether oxygens (including phenoxy) is 4. The number of aromatic nitrogens is 2. The van der Waals surface area contributed by atoms with Gasteiger partial charge in [0, 0.05) is 36.1 Å². The zero-order valence-corrected chi connectivity index (χ0v) is 25.8. The van der Waals surface area contributed by atoms with Crippen molar-refractivity contribution in [3.05, 3.63) is 60.0 Å². The van der Waals surface area contributed by atoms with E-state index >= 15 is 0 Å². The molecule has 9 heteroatoms. The van der Waals surface area contributed by atoms with Crippen LogP contribution in [-0.4, -0.2) is 60.1 Å². The second-order valence-electron chi connectivity index (χ2n) is 12.3. The molecule has 0 unspecified atom stereocenters. The van der Waals surface area contributed by atoms with Crippen molar-refractivity contribution >= 4 is 11.7 Å². The zero-order chi connectivity index (χ0) is 30.5. The van der Waals surface area contributed by atoms with E-state index in [1.807, 2.05) is 64.1 Å². The number of para-hydroxylation sites is 2. The van der Waals surface area contributed by atoms with Crippen LogP contribution in [0.4, 0.5) is 5.69 Å². The Labute approximate surface area is 248 Å². The van der Waals surface area contributed by atoms with Gasteiger partial charge in [-0.1, -0.05) is 26.0 Å². The van der Waals surface area contributed by atoms with Crippen molar-refractivity contribution in [2.45, 2.75) is 66.1 Å². The molecule has 226 valence electrons. The highest BCUT2D eigenvalue weighted by Gasteiger charge is 2.36. The lowest BCUT2D eigenvalue weighted by atomic mass is 9.82. The van der Waals surface area contributed by atoms with Gasteiger partial charge in [0.05, 0.1) is 30.3 Å². The first kappa shape index (κ1) is 31.1. The van der Waals surface area contributed by atoms with Gasteiger partial charge in [0.15, 0.2) is 17.6 Å². The SMILES string of the molecule is COc1ccccc1OCCOc1ccc(-c2cnc(C)c([C@H](OC(C)(C)C)C(=O)O)c2N2CCC(C)(C)CC2)nc1. The third kappa shape index (κ3) is 7.70. The number of methoxy groups -OCH3 is 1. The van der Waals surface area contributed by atoms with E-state index in [2.05, 4.69) is 23.7 Å². The van der Waals surface area contributed by atoms with Crippen molar-refractivity contribution in [1.29, 1.82) is 0 Å². The Hall–Kier alpha value is -3.85. The lowest BCUT2D eigenvalue weighted by Crippen LogP contribution is -2.39. The second kappa shape index (κ2) is 13.0. The maximum atomic E-state index is 12.6. The topological polar surface area (TPSA) is 103 Å². The zero-order valence-electron chi connectivity index (χ0n) is 25.8. The van der Waals surface area contributed by atoms with Crippen LogP contribution in [0.1, 0.15) is 64.8 Å². The summed E-state index contributed by atoms with van der Waals surface area (Å²) in [5.74, 6) is 0.880. The molecule has 9 nitrogen and oxygen atoms in total. The molecule has 0 amide bonds. The first-order valence-electron chi connectivity index (χ1n) is 14.4. The van der Waals surface area contributed by atoms with E-state index in [0.29, 0.717) is 47.4 Å². The first-order valence-corrected chi connectivity index (χ1v) is 14.4. The fourth-order valence-corrected chi connectivity index (χ4v) is 5.05. The third-order valence-electron chi connectivity index (χ3n) is 7.37. The minimum Gasteiger partial charge on any atom is -0.493 e. The van der Waals surface area contributed by atoms with Crippen LogP contribution in [0.15, 0.2) is 48.8 Å². The molecule has 1 aliphatic rings. The molecule has 1 aliphatic heterocycles. The van der Waals surface area contributed by atoms with Gasteiger partial charge < -0.3 is 29.0 Å². The summed E-state index contributed by atoms with van der Waals surface area (Å²) in [6.07, 6.45) is 4.26. The molecule has 4 rings (SSSR count). The van der Waals surface area contributed by atoms with Crippen molar-refractivity contribution in [1.82, 2.24) is 9.97 Å². The van der Waals surface area contributed by atoms with E-state index in [9.17, 15) is 9.90 Å². The van der Waals surface area contributed by atoms with Gasteiger partial charge in [-0.05, 0) is 70.2 Å². The lowest BCUT2D eigenvalue weighted by Gasteiger charge is -2.40. The summed E-state index contributed by atoms with van der Waals surface area (Å²) in [6, 6.07) is 11.2. The maximum absolute atomic E-state index is 12.6. The maximum Gasteiger partial charge on any atom is 0.337 e. The smallest absolute Gasteiger partial charge is 0.337 e. The van der Waals surface area contributed by atoms with Crippen molar-refractivity contribution in [3.63, 3.8) is 0 Å². The molecule has 0 spiro atoms. The van der Waals surface area contributed by atoms with E-state index in [0.717, 1.165) is 37.2 Å². The average Bonchev–Trinajstić information content (AvgIpc) is 2.94. The molecule has 1 saturated heterocycles. The predicted octanol–water partition coefficient (Wildman–Crippen LogP) is 6.49. The summed E-state index contributed by atoms with van der Waals surface area (Å²) in [5, 5.41) is 10.3. The minimum atomic E-state index is -1.17. The van der Waals surface area contributed by atoms with Crippen molar-refractivity contribution < 1.29 is 28.8 Å². The van der Waals surface area contributed by atoms with Crippen LogP contribution in [0.3, 0.4) is 0 Å². The van der Waals surface area contributed by atoms with Gasteiger partial charge in [0.1, 0.15) is 19.0 Å². The normalized spacial score (nSPS) is 15.6. The molecule has 1 atom stereocenters. The van der Waals surface area contributed by atoms with Gasteiger partial charge in [-0.25, -0.2) is 4.79 Å². The summed E-state index contributed by atoms with van der Waals surface area (Å²) >= 11 is 0. The predicted molar refractivity (Wildman–Crippen MR) is 163 cm³/mol. The molecule has 3 heterocycles. The van der Waals surface area contributed by atoms with Gasteiger partial charge in [0.2, 0.25) is 0 Å². The Morgan fingerprint density at radius 3 is 2.26 bits per heavy atom. The monoisotopic (exact) mass is 577 g/mol. The van der Waals surface area contributed by atoms with Crippen molar-refractivity contribution in [3.8, 4) is 28.5 Å². The highest BCUT2D eigenvalue weighted by molar-refractivity contribution is 5.85. The number of rotatable bonds is 11. The molecule has 3 aromatic rings. The van der Waals surface area contributed by atoms with E-state index in [1.165, 1.54) is 0 Å². The molecule has 0 aliphatic carbocycles. The lowest BCUT2D eigenvalue weighted by molar-refractivity contribution is -0.160. The Morgan fingerprint density at radius 1 is 1.00 bits per heavy atom. The van der Waals surface area contributed by atoms with Gasteiger partial charge in [0.25, 0.3) is 0 Å². The quantitative estimate of drug-likeness (QED) is 0.256. The Morgan fingerprint density at radius 2 is 1.67 bits per heavy atom. The molecular formula is C33H43N3O6. The molecule has 2 aromatic heterocycles. The van der Waals surface area contributed by atoms with Crippen LogP contribution < -0.4 is 19.1 Å². The number of aryl methyl sites for hydroxylation is 1. The molecule has 42 heavy (non-hydrogen) atoms. The van der Waals surface area contributed by atoms with Crippen LogP contribution in [0.5, 0.6) is 17.2 Å². The fraction of sp³-hybridized carbons (Fsp3) is 0.485. The summed E-state index contributed by atoms with van der Waals surface area (Å²) in [6.45, 7) is 14.2. The van der Waals surface area contributed by atoms with Crippen molar-refractivity contribution in [2.24, 2.45) is 5.41 Å². The van der Waals surface area contributed by atoms with Gasteiger partial charge >= 0.3 is 5.97 Å². The number of hydrogen-bond donors (Lipinski definition) is 1. The first-order chi connectivity index (χ1) is 19.9. The molecule has 1 N–H and O–H groups in total. The van der Waals surface area contributed by atoms with Crippen LogP contribution in [0.25, 0.3) is 11.3 Å². The van der Waals surface area contributed by atoms with E-state index in [4.69, 9.17) is 23.9 Å². The Bertz CT molecular complexity index is 1360. The Balaban J connectivity index is 1.61. The Kier molecular flexibility index (Phi) is 9.61. The van der Waals surface area contributed by atoms with Crippen molar-refractivity contribution in [2.75, 3.05) is 38.3 Å². The van der Waals surface area contributed by atoms with Crippen LogP contribution in [0.2, 0.25) is 0 Å². The van der Waals surface area contributed by atoms with E-state index in [-0.39, 0.29) is 5.41 Å². The van der Waals surface area contributed by atoms with Crippen LogP contribution in [-0.2, 0) is 9.53 Å². The van der Waals surface area contributed by atoms with Gasteiger partial charge in [-0.3, -0.25) is 9.97 Å². The molecule has 1 aromatic carbocycles. The summed E-state index contributed by atoms with van der Waals surface area (Å²) < 4.78 is 23.1. The molecule has 0 bridgehead atoms.